The van der Waals surface area contributed by atoms with Crippen LogP contribution < -0.4 is 4.74 Å². The molecule has 1 aliphatic rings. The molecule has 3 rings (SSSR count). The van der Waals surface area contributed by atoms with E-state index in [0.717, 1.165) is 29.5 Å². The van der Waals surface area contributed by atoms with Gasteiger partial charge in [-0.25, -0.2) is 0 Å². The molecule has 0 aliphatic carbocycles. The van der Waals surface area contributed by atoms with E-state index < -0.39 is 0 Å². The molecule has 0 radical (unpaired) electrons. The summed E-state index contributed by atoms with van der Waals surface area (Å²) < 4.78 is 7.22. The van der Waals surface area contributed by atoms with Crippen molar-refractivity contribution < 1.29 is 4.74 Å². The van der Waals surface area contributed by atoms with Gasteiger partial charge >= 0.3 is 0 Å². The van der Waals surface area contributed by atoms with E-state index in [1.165, 1.54) is 22.3 Å². The average Bonchev–Trinajstić information content (AvgIpc) is 2.84. The highest BCUT2D eigenvalue weighted by Gasteiger charge is 2.25. The van der Waals surface area contributed by atoms with E-state index >= 15 is 0 Å². The average molecular weight is 331 g/mol. The molecule has 1 nitrogen and oxygen atoms in total. The molecule has 2 heteroatoms. The number of benzene rings is 2. The number of hydrogen-bond donors (Lipinski definition) is 0. The Hall–Kier alpha value is -1.28. The summed E-state index contributed by atoms with van der Waals surface area (Å²) in [5.74, 6) is 1.04. The lowest BCUT2D eigenvalue weighted by molar-refractivity contribution is 0.232. The van der Waals surface area contributed by atoms with Gasteiger partial charge in [0.05, 0.1) is 4.47 Å². The Bertz CT molecular complexity index is 616. The summed E-state index contributed by atoms with van der Waals surface area (Å²) in [5, 5.41) is 0. The maximum absolute atomic E-state index is 6.12. The van der Waals surface area contributed by atoms with Crippen molar-refractivity contribution in [2.24, 2.45) is 0 Å². The van der Waals surface area contributed by atoms with E-state index in [1.54, 1.807) is 0 Å². The Labute approximate surface area is 129 Å². The Morgan fingerprint density at radius 1 is 1.15 bits per heavy atom. The van der Waals surface area contributed by atoms with Crippen molar-refractivity contribution in [2.75, 3.05) is 0 Å². The summed E-state index contributed by atoms with van der Waals surface area (Å²) in [6.45, 7) is 4.31. The normalized spacial score (nSPS) is 16.9. The Morgan fingerprint density at radius 3 is 2.60 bits per heavy atom. The van der Waals surface area contributed by atoms with Crippen LogP contribution in [0, 0.1) is 6.92 Å². The fourth-order valence-electron chi connectivity index (χ4n) is 2.75. The first-order valence-electron chi connectivity index (χ1n) is 7.19. The molecule has 2 aromatic carbocycles. The van der Waals surface area contributed by atoms with E-state index in [1.807, 2.05) is 0 Å². The van der Waals surface area contributed by atoms with Crippen molar-refractivity contribution >= 4 is 15.9 Å². The van der Waals surface area contributed by atoms with Crippen LogP contribution in [-0.4, -0.2) is 6.10 Å². The molecule has 20 heavy (non-hydrogen) atoms. The molecule has 1 heterocycles. The lowest BCUT2D eigenvalue weighted by atomic mass is 10.0. The summed E-state index contributed by atoms with van der Waals surface area (Å²) in [6, 6.07) is 13.2. The molecule has 1 atom stereocenters. The fraction of sp³-hybridized carbons (Fsp3) is 0.333. The molecule has 0 fully saturated rings. The molecular weight excluding hydrogens is 312 g/mol. The lowest BCUT2D eigenvalue weighted by Gasteiger charge is -2.11. The van der Waals surface area contributed by atoms with Gasteiger partial charge in [-0.2, -0.15) is 0 Å². The quantitative estimate of drug-likeness (QED) is 0.780. The van der Waals surface area contributed by atoms with Crippen molar-refractivity contribution in [2.45, 2.75) is 39.2 Å². The van der Waals surface area contributed by atoms with Crippen LogP contribution in [0.4, 0.5) is 0 Å². The summed E-state index contributed by atoms with van der Waals surface area (Å²) in [5.41, 5.74) is 5.36. The second kappa shape index (κ2) is 5.61. The van der Waals surface area contributed by atoms with Crippen molar-refractivity contribution in [3.63, 3.8) is 0 Å². The molecule has 2 aromatic rings. The van der Waals surface area contributed by atoms with E-state index in [9.17, 15) is 0 Å². The number of hydrogen-bond acceptors (Lipinski definition) is 1. The van der Waals surface area contributed by atoms with Gasteiger partial charge in [0.2, 0.25) is 0 Å². The van der Waals surface area contributed by atoms with Crippen LogP contribution in [0.5, 0.6) is 5.75 Å². The number of ether oxygens (including phenoxy) is 1. The molecule has 0 aromatic heterocycles. The maximum Gasteiger partial charge on any atom is 0.137 e. The third-order valence-corrected chi connectivity index (χ3v) is 4.49. The summed E-state index contributed by atoms with van der Waals surface area (Å²) in [6.07, 6.45) is 3.31. The fourth-order valence-corrected chi connectivity index (χ4v) is 3.40. The topological polar surface area (TPSA) is 9.23 Å². The van der Waals surface area contributed by atoms with Gasteiger partial charge < -0.3 is 4.74 Å². The van der Waals surface area contributed by atoms with Crippen LogP contribution in [0.15, 0.2) is 40.9 Å². The van der Waals surface area contributed by atoms with E-state index in [-0.39, 0.29) is 6.10 Å². The van der Waals surface area contributed by atoms with Crippen molar-refractivity contribution in [1.82, 2.24) is 0 Å². The van der Waals surface area contributed by atoms with Crippen LogP contribution in [0.2, 0.25) is 0 Å². The molecule has 0 bridgehead atoms. The van der Waals surface area contributed by atoms with Crippen LogP contribution in [0.3, 0.4) is 0 Å². The molecular formula is C18H19BrO. The first-order chi connectivity index (χ1) is 9.65. The van der Waals surface area contributed by atoms with Gasteiger partial charge in [-0.05, 0) is 52.0 Å². The molecule has 1 unspecified atom stereocenters. The minimum absolute atomic E-state index is 0.260. The molecule has 104 valence electrons. The minimum Gasteiger partial charge on any atom is -0.488 e. The Morgan fingerprint density at radius 2 is 1.90 bits per heavy atom. The zero-order valence-electron chi connectivity index (χ0n) is 11.9. The number of halogens is 1. The second-order valence-electron chi connectivity index (χ2n) is 5.55. The van der Waals surface area contributed by atoms with Crippen LogP contribution >= 0.6 is 15.9 Å². The van der Waals surface area contributed by atoms with Gasteiger partial charge in [-0.1, -0.05) is 42.8 Å². The third-order valence-electron chi connectivity index (χ3n) is 3.90. The first-order valence-corrected chi connectivity index (χ1v) is 7.98. The summed E-state index contributed by atoms with van der Waals surface area (Å²) in [7, 11) is 0. The maximum atomic E-state index is 6.12. The number of rotatable bonds is 3. The highest BCUT2D eigenvalue weighted by molar-refractivity contribution is 9.10. The van der Waals surface area contributed by atoms with Crippen molar-refractivity contribution in [3.05, 3.63) is 63.1 Å². The van der Waals surface area contributed by atoms with Gasteiger partial charge in [0.1, 0.15) is 11.9 Å². The molecule has 0 saturated carbocycles. The van der Waals surface area contributed by atoms with Crippen LogP contribution in [0.1, 0.15) is 29.2 Å². The van der Waals surface area contributed by atoms with Gasteiger partial charge in [-0.15, -0.1) is 0 Å². The lowest BCUT2D eigenvalue weighted by Crippen LogP contribution is -2.16. The monoisotopic (exact) mass is 330 g/mol. The zero-order chi connectivity index (χ0) is 14.1. The Balaban J connectivity index is 1.77. The second-order valence-corrected chi connectivity index (χ2v) is 6.41. The highest BCUT2D eigenvalue weighted by Crippen LogP contribution is 2.38. The summed E-state index contributed by atoms with van der Waals surface area (Å²) >= 11 is 3.64. The van der Waals surface area contributed by atoms with E-state index in [0.29, 0.717) is 0 Å². The smallest absolute Gasteiger partial charge is 0.137 e. The standard InChI is InChI=1S/C18H19BrO/c1-3-13-8-15-11-16(20-18(15)17(19)10-13)9-14-6-4-12(2)5-7-14/h4-8,10,16H,3,9,11H2,1-2H3. The van der Waals surface area contributed by atoms with Gasteiger partial charge in [0.25, 0.3) is 0 Å². The zero-order valence-corrected chi connectivity index (χ0v) is 13.5. The largest absolute Gasteiger partial charge is 0.488 e. The van der Waals surface area contributed by atoms with Crippen LogP contribution in [0.25, 0.3) is 0 Å². The van der Waals surface area contributed by atoms with E-state index in [2.05, 4.69) is 66.2 Å². The highest BCUT2D eigenvalue weighted by atomic mass is 79.9. The molecule has 0 amide bonds. The SMILES string of the molecule is CCc1cc(Br)c2c(c1)CC(Cc1ccc(C)cc1)O2. The minimum atomic E-state index is 0.260. The molecule has 1 aliphatic heterocycles. The number of fused-ring (bicyclic) bond motifs is 1. The molecule has 0 saturated heterocycles. The van der Waals surface area contributed by atoms with Gasteiger partial charge in [0, 0.05) is 12.8 Å². The van der Waals surface area contributed by atoms with Crippen molar-refractivity contribution in [3.8, 4) is 5.75 Å². The van der Waals surface area contributed by atoms with Crippen LogP contribution in [-0.2, 0) is 19.3 Å². The third kappa shape index (κ3) is 2.76. The predicted molar refractivity (Wildman–Crippen MR) is 86.5 cm³/mol. The molecule has 0 spiro atoms. The predicted octanol–water partition coefficient (Wildman–Crippen LogP) is 4.87. The Kier molecular flexibility index (Phi) is 3.84. The molecule has 0 N–H and O–H groups in total. The number of aryl methyl sites for hydroxylation is 2. The van der Waals surface area contributed by atoms with E-state index in [4.69, 9.17) is 4.74 Å². The van der Waals surface area contributed by atoms with Crippen molar-refractivity contribution in [1.29, 1.82) is 0 Å². The first kappa shape index (κ1) is 13.7. The van der Waals surface area contributed by atoms with Gasteiger partial charge in [-0.3, -0.25) is 0 Å². The summed E-state index contributed by atoms with van der Waals surface area (Å²) in [4.78, 5) is 0. The van der Waals surface area contributed by atoms with Gasteiger partial charge in [0.15, 0.2) is 0 Å².